The van der Waals surface area contributed by atoms with Crippen molar-refractivity contribution in [1.82, 2.24) is 0 Å². The summed E-state index contributed by atoms with van der Waals surface area (Å²) >= 11 is 0. The third-order valence-corrected chi connectivity index (χ3v) is 7.97. The largest absolute Gasteiger partial charge is 0.299 e. The van der Waals surface area contributed by atoms with E-state index in [-0.39, 0.29) is 16.7 Å². The number of fused-ring (bicyclic) bond motifs is 5. The molecule has 2 heteroatoms. The van der Waals surface area contributed by atoms with Crippen LogP contribution >= 0.6 is 0 Å². The van der Waals surface area contributed by atoms with Crippen molar-refractivity contribution in [2.24, 2.45) is 34.5 Å². The number of allylic oxidation sites excluding steroid dienone is 1. The summed E-state index contributed by atoms with van der Waals surface area (Å²) in [5.41, 5.74) is 1.60. The Labute approximate surface area is 133 Å². The van der Waals surface area contributed by atoms with E-state index in [2.05, 4.69) is 20.8 Å². The van der Waals surface area contributed by atoms with Crippen LogP contribution in [0.3, 0.4) is 0 Å². The van der Waals surface area contributed by atoms with Crippen molar-refractivity contribution in [3.8, 4) is 0 Å². The topological polar surface area (TPSA) is 34.1 Å². The Morgan fingerprint density at radius 3 is 2.55 bits per heavy atom. The van der Waals surface area contributed by atoms with E-state index in [1.165, 1.54) is 18.4 Å². The molecule has 0 spiro atoms. The minimum Gasteiger partial charge on any atom is -0.299 e. The predicted molar refractivity (Wildman–Crippen MR) is 86.3 cm³/mol. The molecule has 4 rings (SSSR count). The second-order valence-corrected chi connectivity index (χ2v) is 8.93. The average Bonchev–Trinajstić information content (AvgIpc) is 2.72. The highest BCUT2D eigenvalue weighted by Gasteiger charge is 2.60. The number of hydrogen-bond acceptors (Lipinski definition) is 2. The van der Waals surface area contributed by atoms with Crippen LogP contribution in [0.4, 0.5) is 0 Å². The lowest BCUT2D eigenvalue weighted by Crippen LogP contribution is -2.50. The minimum atomic E-state index is -0.0529. The van der Waals surface area contributed by atoms with Crippen molar-refractivity contribution in [1.29, 1.82) is 0 Å². The number of carbonyl (C=O) groups excluding carboxylic acids is 2. The van der Waals surface area contributed by atoms with Gasteiger partial charge in [0.05, 0.1) is 0 Å². The van der Waals surface area contributed by atoms with Gasteiger partial charge in [0.25, 0.3) is 0 Å². The maximum absolute atomic E-state index is 12.7. The number of rotatable bonds is 0. The van der Waals surface area contributed by atoms with E-state index in [1.54, 1.807) is 0 Å². The number of ketones is 2. The zero-order valence-corrected chi connectivity index (χ0v) is 14.2. The lowest BCUT2D eigenvalue weighted by Gasteiger charge is -2.56. The second kappa shape index (κ2) is 4.55. The van der Waals surface area contributed by atoms with Gasteiger partial charge in [0.1, 0.15) is 5.78 Å². The first-order valence-electron chi connectivity index (χ1n) is 9.14. The first kappa shape index (κ1) is 14.7. The predicted octanol–water partition coefficient (Wildman–Crippen LogP) is 4.33. The molecule has 0 bridgehead atoms. The summed E-state index contributed by atoms with van der Waals surface area (Å²) in [5, 5.41) is 0. The molecule has 3 fully saturated rings. The van der Waals surface area contributed by atoms with Gasteiger partial charge < -0.3 is 0 Å². The van der Waals surface area contributed by atoms with Crippen LogP contribution in [-0.4, -0.2) is 11.6 Å². The maximum Gasteiger partial charge on any atom is 0.155 e. The Hall–Kier alpha value is -0.920. The fourth-order valence-corrected chi connectivity index (χ4v) is 6.67. The molecule has 0 N–H and O–H groups in total. The quantitative estimate of drug-likeness (QED) is 0.667. The van der Waals surface area contributed by atoms with Gasteiger partial charge in [-0.25, -0.2) is 0 Å². The van der Waals surface area contributed by atoms with Crippen molar-refractivity contribution in [2.45, 2.75) is 65.7 Å². The summed E-state index contributed by atoms with van der Waals surface area (Å²) < 4.78 is 0. The number of carbonyl (C=O) groups is 2. The van der Waals surface area contributed by atoms with E-state index < -0.39 is 0 Å². The molecule has 120 valence electrons. The Bertz CT molecular complexity index is 574. The molecule has 0 heterocycles. The molecule has 0 aromatic rings. The Morgan fingerprint density at radius 2 is 1.77 bits per heavy atom. The molecular formula is C20H28O2. The molecule has 3 saturated carbocycles. The van der Waals surface area contributed by atoms with Crippen molar-refractivity contribution >= 4 is 11.6 Å². The summed E-state index contributed by atoms with van der Waals surface area (Å²) in [6, 6.07) is 0. The zero-order valence-electron chi connectivity index (χ0n) is 14.2. The highest BCUT2D eigenvalue weighted by Crippen LogP contribution is 2.64. The third kappa shape index (κ3) is 1.73. The van der Waals surface area contributed by atoms with Crippen LogP contribution in [0.2, 0.25) is 0 Å². The molecular weight excluding hydrogens is 272 g/mol. The van der Waals surface area contributed by atoms with Crippen molar-refractivity contribution in [3.05, 3.63) is 11.6 Å². The molecule has 0 amide bonds. The molecule has 6 atom stereocenters. The van der Waals surface area contributed by atoms with E-state index >= 15 is 0 Å². The van der Waals surface area contributed by atoms with Crippen LogP contribution in [0.5, 0.6) is 0 Å². The molecule has 4 aliphatic carbocycles. The van der Waals surface area contributed by atoms with Crippen molar-refractivity contribution in [3.63, 3.8) is 0 Å². The van der Waals surface area contributed by atoms with E-state index in [0.29, 0.717) is 29.3 Å². The molecule has 0 saturated heterocycles. The average molecular weight is 300 g/mol. The summed E-state index contributed by atoms with van der Waals surface area (Å²) in [5.74, 6) is 3.09. The Balaban J connectivity index is 1.70. The van der Waals surface area contributed by atoms with Crippen LogP contribution in [0.1, 0.15) is 65.7 Å². The number of Topliss-reactive ketones (excluding diaryl/α,β-unsaturated/α-hetero) is 1. The molecule has 0 aromatic heterocycles. The van der Waals surface area contributed by atoms with E-state index in [9.17, 15) is 9.59 Å². The highest BCUT2D eigenvalue weighted by atomic mass is 16.1. The highest BCUT2D eigenvalue weighted by molar-refractivity contribution is 5.92. The Kier molecular flexibility index (Phi) is 3.03. The van der Waals surface area contributed by atoms with Crippen LogP contribution in [0.25, 0.3) is 0 Å². The number of hydrogen-bond donors (Lipinski definition) is 0. The van der Waals surface area contributed by atoms with E-state index in [1.807, 2.05) is 6.08 Å². The molecule has 4 aliphatic rings. The fraction of sp³-hybridized carbons (Fsp3) is 0.800. The zero-order chi connectivity index (χ0) is 15.7. The molecule has 22 heavy (non-hydrogen) atoms. The van der Waals surface area contributed by atoms with Crippen molar-refractivity contribution < 1.29 is 9.59 Å². The molecule has 0 aliphatic heterocycles. The summed E-state index contributed by atoms with van der Waals surface area (Å²) in [6.45, 7) is 6.79. The molecule has 0 radical (unpaired) electrons. The van der Waals surface area contributed by atoms with Gasteiger partial charge in [-0.15, -0.1) is 0 Å². The smallest absolute Gasteiger partial charge is 0.155 e. The second-order valence-electron chi connectivity index (χ2n) is 8.93. The minimum absolute atomic E-state index is 0.0529. The van der Waals surface area contributed by atoms with E-state index in [4.69, 9.17) is 0 Å². The van der Waals surface area contributed by atoms with Gasteiger partial charge in [-0.05, 0) is 67.8 Å². The SMILES string of the molecule is CC1CC2C3CCC4=CC(=O)CCC4(C)C3CCC2(C)C1=O. The van der Waals surface area contributed by atoms with Gasteiger partial charge in [-0.2, -0.15) is 0 Å². The molecule has 0 aromatic carbocycles. The standard InChI is InChI=1S/C20H28O2/c1-12-10-17-15-5-4-13-11-14(21)6-8-19(13,2)16(15)7-9-20(17,3)18(12)22/h11-12,15-17H,4-10H2,1-3H3. The summed E-state index contributed by atoms with van der Waals surface area (Å²) in [7, 11) is 0. The first-order valence-corrected chi connectivity index (χ1v) is 9.14. The monoisotopic (exact) mass is 300 g/mol. The van der Waals surface area contributed by atoms with Gasteiger partial charge in [-0.3, -0.25) is 9.59 Å². The van der Waals surface area contributed by atoms with Gasteiger partial charge in [0, 0.05) is 17.8 Å². The molecule has 2 nitrogen and oxygen atoms in total. The first-order chi connectivity index (χ1) is 10.4. The summed E-state index contributed by atoms with van der Waals surface area (Å²) in [6.07, 6.45) is 9.35. The van der Waals surface area contributed by atoms with E-state index in [0.717, 1.165) is 32.1 Å². The maximum atomic E-state index is 12.7. The van der Waals surface area contributed by atoms with Gasteiger partial charge in [0.15, 0.2) is 5.78 Å². The van der Waals surface area contributed by atoms with Crippen LogP contribution in [0, 0.1) is 34.5 Å². The fourth-order valence-electron chi connectivity index (χ4n) is 6.67. The van der Waals surface area contributed by atoms with Gasteiger partial charge >= 0.3 is 0 Å². The summed E-state index contributed by atoms with van der Waals surface area (Å²) in [4.78, 5) is 24.5. The van der Waals surface area contributed by atoms with Crippen LogP contribution < -0.4 is 0 Å². The van der Waals surface area contributed by atoms with Gasteiger partial charge in [-0.1, -0.05) is 26.3 Å². The van der Waals surface area contributed by atoms with Crippen molar-refractivity contribution in [2.75, 3.05) is 0 Å². The van der Waals surface area contributed by atoms with Gasteiger partial charge in [0.2, 0.25) is 0 Å². The molecule has 6 unspecified atom stereocenters. The normalized spacial score (nSPS) is 51.0. The third-order valence-electron chi connectivity index (χ3n) is 7.97. The Morgan fingerprint density at radius 1 is 1.00 bits per heavy atom. The lowest BCUT2D eigenvalue weighted by molar-refractivity contribution is -0.134. The van der Waals surface area contributed by atoms with Crippen LogP contribution in [0.15, 0.2) is 11.6 Å². The van der Waals surface area contributed by atoms with Crippen LogP contribution in [-0.2, 0) is 9.59 Å². The lowest BCUT2D eigenvalue weighted by atomic mass is 9.47.